The Kier molecular flexibility index (Phi) is 5.14. The predicted molar refractivity (Wildman–Crippen MR) is 107 cm³/mol. The van der Waals surface area contributed by atoms with Crippen LogP contribution in [0, 0.1) is 6.92 Å². The van der Waals surface area contributed by atoms with E-state index in [1.807, 2.05) is 6.92 Å². The van der Waals surface area contributed by atoms with Gasteiger partial charge in [-0.15, -0.1) is 0 Å². The van der Waals surface area contributed by atoms with E-state index < -0.39 is 15.8 Å². The molecular formula is C21H23N2O5S+. The molecule has 1 aliphatic carbocycles. The molecule has 8 heteroatoms. The third kappa shape index (κ3) is 3.54. The Hall–Kier alpha value is -2.36. The second-order valence-electron chi connectivity index (χ2n) is 7.19. The van der Waals surface area contributed by atoms with Crippen LogP contribution in [0.1, 0.15) is 16.7 Å². The van der Waals surface area contributed by atoms with Gasteiger partial charge in [-0.3, -0.25) is 4.90 Å². The summed E-state index contributed by atoms with van der Waals surface area (Å²) in [6.45, 7) is 3.04. The van der Waals surface area contributed by atoms with E-state index in [1.54, 1.807) is 42.5 Å². The van der Waals surface area contributed by atoms with Crippen molar-refractivity contribution >= 4 is 15.7 Å². The standard InChI is InChI=1S/C21H22N2O5S/c1-15-6-8-16(9-7-15)29(26,27)22-19-14-20-21(25,18-5-3-2-4-17(18)19)28-13-11-23(20)10-12-24/h2-9,14,24-25H,10-13H2,1H3/p+1/t21-/m1/s1. The maximum atomic E-state index is 12.9. The Morgan fingerprint density at radius 1 is 1.17 bits per heavy atom. The summed E-state index contributed by atoms with van der Waals surface area (Å²) in [4.78, 5) is 0.933. The summed E-state index contributed by atoms with van der Waals surface area (Å²) in [5.74, 6) is -1.67. The molecule has 152 valence electrons. The third-order valence-corrected chi connectivity index (χ3v) is 6.57. The fraction of sp³-hybridized carbons (Fsp3) is 0.286. The minimum atomic E-state index is -3.94. The summed E-state index contributed by atoms with van der Waals surface area (Å²) < 4.78 is 35.6. The average Bonchev–Trinajstić information content (AvgIpc) is 2.70. The number of nitrogens with zero attached hydrogens (tertiary/aromatic N) is 1. The number of aliphatic hydroxyl groups excluding tert-OH is 1. The summed E-state index contributed by atoms with van der Waals surface area (Å²) >= 11 is 0. The lowest BCUT2D eigenvalue weighted by Crippen LogP contribution is -3.14. The number of aliphatic hydroxyl groups is 2. The molecule has 1 heterocycles. The molecule has 2 aromatic carbocycles. The van der Waals surface area contributed by atoms with Crippen molar-refractivity contribution in [3.63, 3.8) is 0 Å². The number of benzene rings is 2. The molecular weight excluding hydrogens is 392 g/mol. The number of fused-ring (bicyclic) bond motifs is 3. The summed E-state index contributed by atoms with van der Waals surface area (Å²) in [7, 11) is -3.94. The van der Waals surface area contributed by atoms with E-state index in [2.05, 4.69) is 4.40 Å². The van der Waals surface area contributed by atoms with E-state index in [4.69, 9.17) is 4.74 Å². The highest BCUT2D eigenvalue weighted by atomic mass is 32.2. The first-order valence-corrected chi connectivity index (χ1v) is 10.8. The number of aryl methyl sites for hydroxylation is 1. The zero-order chi connectivity index (χ0) is 20.6. The van der Waals surface area contributed by atoms with E-state index in [0.29, 0.717) is 36.5 Å². The van der Waals surface area contributed by atoms with E-state index in [-0.39, 0.29) is 17.2 Å². The normalized spacial score (nSPS) is 25.3. The number of morpholine rings is 1. The molecule has 0 saturated carbocycles. The molecule has 0 amide bonds. The highest BCUT2D eigenvalue weighted by Gasteiger charge is 2.49. The van der Waals surface area contributed by atoms with Crippen LogP contribution in [0.25, 0.3) is 0 Å². The number of sulfonamides is 1. The zero-order valence-electron chi connectivity index (χ0n) is 16.0. The topological polar surface area (TPSA) is 101 Å². The lowest BCUT2D eigenvalue weighted by molar-refractivity contribution is -0.882. The monoisotopic (exact) mass is 415 g/mol. The smallest absolute Gasteiger partial charge is 0.282 e. The summed E-state index contributed by atoms with van der Waals surface area (Å²) in [6.07, 6.45) is 1.57. The zero-order valence-corrected chi connectivity index (χ0v) is 16.8. The Bertz CT molecular complexity index is 1090. The number of hydrogen-bond acceptors (Lipinski definition) is 5. The first-order valence-electron chi connectivity index (χ1n) is 9.41. The van der Waals surface area contributed by atoms with Crippen molar-refractivity contribution in [1.29, 1.82) is 0 Å². The number of rotatable bonds is 4. The molecule has 29 heavy (non-hydrogen) atoms. The molecule has 1 unspecified atom stereocenters. The number of nitrogens with one attached hydrogen (secondary N) is 1. The van der Waals surface area contributed by atoms with Gasteiger partial charge in [0.05, 0.1) is 17.2 Å². The molecule has 1 saturated heterocycles. The minimum Gasteiger partial charge on any atom is -0.391 e. The van der Waals surface area contributed by atoms with Gasteiger partial charge in [0.2, 0.25) is 0 Å². The molecule has 0 aromatic heterocycles. The molecule has 0 bridgehead atoms. The molecule has 3 N–H and O–H groups in total. The first-order chi connectivity index (χ1) is 13.8. The van der Waals surface area contributed by atoms with Gasteiger partial charge in [0.1, 0.15) is 19.7 Å². The average molecular weight is 415 g/mol. The second-order valence-corrected chi connectivity index (χ2v) is 8.79. The van der Waals surface area contributed by atoms with Crippen molar-refractivity contribution in [2.24, 2.45) is 4.40 Å². The van der Waals surface area contributed by atoms with Gasteiger partial charge in [0.25, 0.3) is 15.8 Å². The molecule has 2 aromatic rings. The van der Waals surface area contributed by atoms with E-state index in [9.17, 15) is 18.6 Å². The van der Waals surface area contributed by atoms with E-state index in [0.717, 1.165) is 10.5 Å². The van der Waals surface area contributed by atoms with Crippen LogP contribution in [-0.2, 0) is 20.5 Å². The van der Waals surface area contributed by atoms with Crippen LogP contribution in [0.2, 0.25) is 0 Å². The number of hydrogen-bond donors (Lipinski definition) is 3. The Morgan fingerprint density at radius 2 is 1.90 bits per heavy atom. The second kappa shape index (κ2) is 7.47. The SMILES string of the molecule is Cc1ccc(S(=O)(=O)N=C2C=C3[NH+](CCO)CCO[C@]3(O)c3ccccc32)cc1. The van der Waals surface area contributed by atoms with E-state index >= 15 is 0 Å². The van der Waals surface area contributed by atoms with Crippen molar-refractivity contribution in [1.82, 2.24) is 0 Å². The highest BCUT2D eigenvalue weighted by Crippen LogP contribution is 2.36. The molecule has 2 aliphatic rings. The van der Waals surface area contributed by atoms with Crippen molar-refractivity contribution in [2.45, 2.75) is 17.6 Å². The summed E-state index contributed by atoms with van der Waals surface area (Å²) in [5.41, 5.74) is 2.59. The maximum absolute atomic E-state index is 12.9. The van der Waals surface area contributed by atoms with Gasteiger partial charge < -0.3 is 14.9 Å². The fourth-order valence-corrected chi connectivity index (χ4v) is 4.77. The number of quaternary nitrogens is 1. The predicted octanol–water partition coefficient (Wildman–Crippen LogP) is 0.123. The van der Waals surface area contributed by atoms with Gasteiger partial charge in [0, 0.05) is 17.2 Å². The Morgan fingerprint density at radius 3 is 2.62 bits per heavy atom. The van der Waals surface area contributed by atoms with Crippen LogP contribution in [0.3, 0.4) is 0 Å². The Labute approximate surface area is 169 Å². The van der Waals surface area contributed by atoms with Gasteiger partial charge in [0.15, 0.2) is 5.70 Å². The van der Waals surface area contributed by atoms with Crippen LogP contribution in [0.4, 0.5) is 0 Å². The maximum Gasteiger partial charge on any atom is 0.282 e. The molecule has 0 radical (unpaired) electrons. The lowest BCUT2D eigenvalue weighted by Gasteiger charge is -2.41. The van der Waals surface area contributed by atoms with Crippen LogP contribution in [0.5, 0.6) is 0 Å². The summed E-state index contributed by atoms with van der Waals surface area (Å²) in [6, 6.07) is 13.4. The Balaban J connectivity index is 1.88. The first kappa shape index (κ1) is 19.9. The van der Waals surface area contributed by atoms with Crippen molar-refractivity contribution < 1.29 is 28.3 Å². The largest absolute Gasteiger partial charge is 0.391 e. The molecule has 0 spiro atoms. The van der Waals surface area contributed by atoms with Crippen LogP contribution >= 0.6 is 0 Å². The lowest BCUT2D eigenvalue weighted by atomic mass is 9.86. The van der Waals surface area contributed by atoms with Crippen molar-refractivity contribution in [3.8, 4) is 0 Å². The van der Waals surface area contributed by atoms with Gasteiger partial charge >= 0.3 is 0 Å². The van der Waals surface area contributed by atoms with Crippen LogP contribution in [-0.4, -0.2) is 50.6 Å². The molecule has 7 nitrogen and oxygen atoms in total. The number of allylic oxidation sites excluding steroid dienone is 1. The molecule has 4 rings (SSSR count). The number of ether oxygens (including phenoxy) is 1. The van der Waals surface area contributed by atoms with Crippen LogP contribution < -0.4 is 4.90 Å². The third-order valence-electron chi connectivity index (χ3n) is 5.26. The molecule has 2 atom stereocenters. The van der Waals surface area contributed by atoms with Gasteiger partial charge in [-0.2, -0.15) is 12.8 Å². The fourth-order valence-electron chi connectivity index (χ4n) is 3.78. The van der Waals surface area contributed by atoms with E-state index in [1.165, 1.54) is 12.1 Å². The molecule has 1 fully saturated rings. The van der Waals surface area contributed by atoms with Gasteiger partial charge in [-0.25, -0.2) is 0 Å². The van der Waals surface area contributed by atoms with Gasteiger partial charge in [-0.1, -0.05) is 42.0 Å². The van der Waals surface area contributed by atoms with Gasteiger partial charge in [-0.05, 0) is 19.1 Å². The van der Waals surface area contributed by atoms with Crippen LogP contribution in [0.15, 0.2) is 69.6 Å². The highest BCUT2D eigenvalue weighted by molar-refractivity contribution is 7.90. The summed E-state index contributed by atoms with van der Waals surface area (Å²) in [5, 5.41) is 20.7. The van der Waals surface area contributed by atoms with Crippen molar-refractivity contribution in [3.05, 3.63) is 77.0 Å². The molecule has 1 aliphatic heterocycles. The minimum absolute atomic E-state index is 0.0709. The van der Waals surface area contributed by atoms with Crippen molar-refractivity contribution in [2.75, 3.05) is 26.3 Å². The quantitative estimate of drug-likeness (QED) is 0.659.